The molecular formula is C30H15NS5. The van der Waals surface area contributed by atoms with E-state index in [1.807, 2.05) is 51.4 Å². The Kier molecular flexibility index (Phi) is 3.83. The largest absolute Gasteiger partial charge is 0.398 e. The molecule has 0 atom stereocenters. The van der Waals surface area contributed by atoms with Gasteiger partial charge in [0.25, 0.3) is 0 Å². The molecule has 0 spiro atoms. The Bertz CT molecular complexity index is 2340. The van der Waals surface area contributed by atoms with Gasteiger partial charge in [-0.3, -0.25) is 0 Å². The molecular weight excluding hydrogens is 535 g/mol. The molecule has 0 saturated carbocycles. The van der Waals surface area contributed by atoms with Crippen molar-refractivity contribution in [2.75, 3.05) is 5.73 Å². The van der Waals surface area contributed by atoms with Crippen LogP contribution in [0.4, 0.5) is 5.69 Å². The Morgan fingerprint density at radius 2 is 0.861 bits per heavy atom. The van der Waals surface area contributed by atoms with Gasteiger partial charge in [0.15, 0.2) is 0 Å². The third-order valence-electron chi connectivity index (χ3n) is 7.59. The zero-order valence-corrected chi connectivity index (χ0v) is 22.8. The summed E-state index contributed by atoms with van der Waals surface area (Å²) < 4.78 is 6.68. The van der Waals surface area contributed by atoms with E-state index in [0.29, 0.717) is 0 Å². The van der Waals surface area contributed by atoms with Gasteiger partial charge in [0, 0.05) is 94.0 Å². The predicted molar refractivity (Wildman–Crippen MR) is 170 cm³/mol. The van der Waals surface area contributed by atoms with Crippen molar-refractivity contribution in [2.24, 2.45) is 0 Å². The highest BCUT2D eigenvalue weighted by Gasteiger charge is 2.25. The van der Waals surface area contributed by atoms with E-state index in [-0.39, 0.29) is 0 Å². The van der Waals surface area contributed by atoms with E-state index >= 15 is 0 Å². The second-order valence-corrected chi connectivity index (χ2v) is 13.7. The molecule has 0 fully saturated rings. The molecule has 0 radical (unpaired) electrons. The summed E-state index contributed by atoms with van der Waals surface area (Å²) in [6.45, 7) is 4.17. The summed E-state index contributed by atoms with van der Waals surface area (Å²) in [5.74, 6) is 0. The number of nitrogens with two attached hydrogens (primary N) is 1. The van der Waals surface area contributed by atoms with Crippen LogP contribution < -0.4 is 5.73 Å². The van der Waals surface area contributed by atoms with Gasteiger partial charge in [-0.25, -0.2) is 0 Å². The van der Waals surface area contributed by atoms with E-state index in [1.54, 1.807) is 11.3 Å². The van der Waals surface area contributed by atoms with E-state index in [2.05, 4.69) is 63.8 Å². The van der Waals surface area contributed by atoms with Crippen LogP contribution in [-0.4, -0.2) is 0 Å². The predicted octanol–water partition coefficient (Wildman–Crippen LogP) is 11.4. The van der Waals surface area contributed by atoms with Crippen LogP contribution >= 0.6 is 56.7 Å². The van der Waals surface area contributed by atoms with Crippen molar-refractivity contribution in [2.45, 2.75) is 0 Å². The van der Waals surface area contributed by atoms with Crippen molar-refractivity contribution < 1.29 is 0 Å². The summed E-state index contributed by atoms with van der Waals surface area (Å²) in [6, 6.07) is 11.5. The van der Waals surface area contributed by atoms with E-state index in [0.717, 1.165) is 11.3 Å². The smallest absolute Gasteiger partial charge is 0.0488 e. The van der Waals surface area contributed by atoms with Gasteiger partial charge in [-0.1, -0.05) is 12.7 Å². The zero-order valence-electron chi connectivity index (χ0n) is 18.7. The Hall–Kier alpha value is -3.00. The first-order valence-electron chi connectivity index (χ1n) is 11.5. The van der Waals surface area contributed by atoms with Crippen molar-refractivity contribution >= 4 is 151 Å². The fourth-order valence-electron chi connectivity index (χ4n) is 6.25. The van der Waals surface area contributed by atoms with Crippen LogP contribution in [0.3, 0.4) is 0 Å². The van der Waals surface area contributed by atoms with Crippen LogP contribution in [0.5, 0.6) is 0 Å². The van der Waals surface area contributed by atoms with Crippen LogP contribution in [-0.2, 0) is 0 Å². The van der Waals surface area contributed by atoms with Crippen molar-refractivity contribution in [1.82, 2.24) is 0 Å². The van der Waals surface area contributed by atoms with Gasteiger partial charge in [0.05, 0.1) is 0 Å². The minimum absolute atomic E-state index is 0.848. The standard InChI is InChI=1S/C30H15NS5/c1-2-13-25(31)22-19(14-3-8-32-26(13)14)23-21(16-5-10-34-28(16)18-7-12-36-30(18)23)24-20(22)15-4-9-33-27(15)17-6-11-35-29(17)24/h2-12H,1,31H2. The van der Waals surface area contributed by atoms with Gasteiger partial charge in [-0.2, -0.15) is 0 Å². The highest BCUT2D eigenvalue weighted by molar-refractivity contribution is 7.23. The van der Waals surface area contributed by atoms with Gasteiger partial charge in [-0.05, 0) is 57.2 Å². The lowest BCUT2D eigenvalue weighted by Gasteiger charge is -2.18. The molecule has 2 N–H and O–H groups in total. The zero-order chi connectivity index (χ0) is 23.7. The molecule has 9 aromatic rings. The van der Waals surface area contributed by atoms with Crippen molar-refractivity contribution in [3.05, 3.63) is 69.4 Å². The van der Waals surface area contributed by atoms with Crippen LogP contribution in [0, 0.1) is 0 Å². The molecule has 0 saturated heterocycles. The van der Waals surface area contributed by atoms with Gasteiger partial charge >= 0.3 is 0 Å². The first-order chi connectivity index (χ1) is 17.8. The highest BCUT2D eigenvalue weighted by atomic mass is 32.1. The maximum atomic E-state index is 7.15. The normalized spacial score (nSPS) is 12.7. The molecule has 6 heteroatoms. The second kappa shape index (κ2) is 6.85. The topological polar surface area (TPSA) is 26.0 Å². The average molecular weight is 550 g/mol. The molecule has 9 rings (SSSR count). The first kappa shape index (κ1) is 20.1. The van der Waals surface area contributed by atoms with Crippen molar-refractivity contribution in [3.63, 3.8) is 0 Å². The Morgan fingerprint density at radius 1 is 0.472 bits per heavy atom. The molecule has 0 unspecified atom stereocenters. The van der Waals surface area contributed by atoms with E-state index < -0.39 is 0 Å². The number of rotatable bonds is 1. The van der Waals surface area contributed by atoms with E-state index in [9.17, 15) is 0 Å². The summed E-state index contributed by atoms with van der Waals surface area (Å²) in [5.41, 5.74) is 9.06. The molecule has 0 aliphatic carbocycles. The van der Waals surface area contributed by atoms with Crippen LogP contribution in [0.15, 0.2) is 63.8 Å². The minimum atomic E-state index is 0.848. The molecule has 0 aliphatic heterocycles. The summed E-state index contributed by atoms with van der Waals surface area (Å²) in [6.07, 6.45) is 1.95. The average Bonchev–Trinajstić information content (AvgIpc) is 3.72. The van der Waals surface area contributed by atoms with E-state index in [1.165, 1.54) is 82.7 Å². The lowest BCUT2D eigenvalue weighted by molar-refractivity contribution is 1.84. The molecule has 170 valence electrons. The molecule has 0 bridgehead atoms. The molecule has 0 amide bonds. The van der Waals surface area contributed by atoms with Crippen LogP contribution in [0.1, 0.15) is 5.56 Å². The van der Waals surface area contributed by atoms with Gasteiger partial charge in [0.2, 0.25) is 0 Å². The third kappa shape index (κ3) is 2.18. The summed E-state index contributed by atoms with van der Waals surface area (Å²) in [4.78, 5) is 0. The molecule has 5 aromatic heterocycles. The van der Waals surface area contributed by atoms with Gasteiger partial charge in [0.1, 0.15) is 0 Å². The number of hydrogen-bond acceptors (Lipinski definition) is 6. The second-order valence-electron chi connectivity index (χ2n) is 9.10. The molecule has 1 nitrogen and oxygen atoms in total. The van der Waals surface area contributed by atoms with Gasteiger partial charge < -0.3 is 5.73 Å². The number of nitrogen functional groups attached to an aromatic ring is 1. The molecule has 5 heterocycles. The summed E-state index contributed by atoms with van der Waals surface area (Å²) >= 11 is 9.15. The minimum Gasteiger partial charge on any atom is -0.398 e. The molecule has 4 aromatic carbocycles. The maximum Gasteiger partial charge on any atom is 0.0488 e. The molecule has 0 aliphatic rings. The Balaban J connectivity index is 1.84. The summed E-state index contributed by atoms with van der Waals surface area (Å²) in [5, 5.41) is 25.7. The van der Waals surface area contributed by atoms with Crippen molar-refractivity contribution in [1.29, 1.82) is 0 Å². The summed E-state index contributed by atoms with van der Waals surface area (Å²) in [7, 11) is 0. The fourth-order valence-corrected chi connectivity index (χ4v) is 11.1. The molecule has 36 heavy (non-hydrogen) atoms. The van der Waals surface area contributed by atoms with Gasteiger partial charge in [-0.15, -0.1) is 56.7 Å². The number of fused-ring (bicyclic) bond motifs is 18. The third-order valence-corrected chi connectivity index (χ3v) is 12.3. The quantitative estimate of drug-likeness (QED) is 0.160. The Morgan fingerprint density at radius 3 is 1.36 bits per heavy atom. The Labute approximate surface area is 224 Å². The monoisotopic (exact) mass is 549 g/mol. The van der Waals surface area contributed by atoms with Crippen LogP contribution in [0.2, 0.25) is 0 Å². The number of thiophene rings is 5. The lowest BCUT2D eigenvalue weighted by atomic mass is 9.87. The lowest BCUT2D eigenvalue weighted by Crippen LogP contribution is -1.95. The number of hydrogen-bond donors (Lipinski definition) is 1. The number of benzene rings is 4. The van der Waals surface area contributed by atoms with Crippen LogP contribution in [0.25, 0.3) is 88.8 Å². The van der Waals surface area contributed by atoms with E-state index in [4.69, 9.17) is 5.73 Å². The highest BCUT2D eigenvalue weighted by Crippen LogP contribution is 2.55. The maximum absolute atomic E-state index is 7.15. The number of anilines is 1. The SMILES string of the molecule is C=Cc1c(N)c2c(c3ccsc13)c1c3sccc3c3sccc3c1c1c3sccc3c3sccc3c21. The fraction of sp³-hybridized carbons (Fsp3) is 0. The first-order valence-corrected chi connectivity index (χ1v) is 15.9. The van der Waals surface area contributed by atoms with Crippen molar-refractivity contribution in [3.8, 4) is 0 Å².